The van der Waals surface area contributed by atoms with E-state index in [-0.39, 0.29) is 5.91 Å². The van der Waals surface area contributed by atoms with Gasteiger partial charge in [0.25, 0.3) is 0 Å². The fourth-order valence-electron chi connectivity index (χ4n) is 1.09. The number of ether oxygens (including phenoxy) is 1. The number of carbonyl (C=O) groups excluding carboxylic acids is 1. The van der Waals surface area contributed by atoms with Crippen LogP contribution in [0.25, 0.3) is 0 Å². The van der Waals surface area contributed by atoms with Crippen molar-refractivity contribution in [2.75, 3.05) is 54.0 Å². The minimum absolute atomic E-state index is 0.0949. The van der Waals surface area contributed by atoms with E-state index < -0.39 is 0 Å². The van der Waals surface area contributed by atoms with E-state index in [1.807, 2.05) is 19.0 Å². The average molecular weight is 203 g/mol. The number of methoxy groups -OCH3 is 1. The van der Waals surface area contributed by atoms with E-state index in [0.29, 0.717) is 32.8 Å². The van der Waals surface area contributed by atoms with Gasteiger partial charge in [-0.2, -0.15) is 0 Å². The minimum Gasteiger partial charge on any atom is -0.383 e. The number of amides is 1. The van der Waals surface area contributed by atoms with Crippen LogP contribution >= 0.6 is 0 Å². The summed E-state index contributed by atoms with van der Waals surface area (Å²) < 4.78 is 4.93. The van der Waals surface area contributed by atoms with E-state index in [1.165, 1.54) is 0 Å². The van der Waals surface area contributed by atoms with E-state index in [0.717, 1.165) is 0 Å². The standard InChI is InChI=1S/C9H21N3O2/c1-11(2)8-9(13)12(5-4-10)6-7-14-3/h4-8,10H2,1-3H3. The van der Waals surface area contributed by atoms with Crippen molar-refractivity contribution >= 4 is 5.91 Å². The van der Waals surface area contributed by atoms with Crippen molar-refractivity contribution in [2.45, 2.75) is 0 Å². The third kappa shape index (κ3) is 5.90. The molecule has 0 rings (SSSR count). The second-order valence-corrected chi connectivity index (χ2v) is 3.40. The topological polar surface area (TPSA) is 58.8 Å². The number of likely N-dealkylation sites (N-methyl/N-ethyl adjacent to an activating group) is 1. The molecular formula is C9H21N3O2. The highest BCUT2D eigenvalue weighted by molar-refractivity contribution is 5.78. The molecule has 0 aliphatic heterocycles. The average Bonchev–Trinajstić information content (AvgIpc) is 2.10. The lowest BCUT2D eigenvalue weighted by molar-refractivity contribution is -0.132. The molecule has 0 atom stereocenters. The Balaban J connectivity index is 3.97. The molecule has 0 aromatic heterocycles. The maximum Gasteiger partial charge on any atom is 0.236 e. The van der Waals surface area contributed by atoms with Gasteiger partial charge in [0.2, 0.25) is 5.91 Å². The summed E-state index contributed by atoms with van der Waals surface area (Å²) >= 11 is 0. The number of carbonyl (C=O) groups is 1. The monoisotopic (exact) mass is 203 g/mol. The van der Waals surface area contributed by atoms with Crippen LogP contribution in [0, 0.1) is 0 Å². The highest BCUT2D eigenvalue weighted by Crippen LogP contribution is 1.91. The number of hydrogen-bond donors (Lipinski definition) is 1. The lowest BCUT2D eigenvalue weighted by atomic mass is 10.4. The molecule has 0 aliphatic carbocycles. The Morgan fingerprint density at radius 1 is 1.36 bits per heavy atom. The molecule has 84 valence electrons. The molecule has 5 nitrogen and oxygen atoms in total. The fraction of sp³-hybridized carbons (Fsp3) is 0.889. The van der Waals surface area contributed by atoms with Gasteiger partial charge in [0.05, 0.1) is 13.2 Å². The molecule has 0 unspecified atom stereocenters. The molecule has 0 saturated carbocycles. The third-order valence-electron chi connectivity index (χ3n) is 1.77. The molecule has 0 bridgehead atoms. The van der Waals surface area contributed by atoms with Crippen molar-refractivity contribution in [1.82, 2.24) is 9.80 Å². The van der Waals surface area contributed by atoms with Gasteiger partial charge < -0.3 is 20.3 Å². The maximum atomic E-state index is 11.6. The zero-order valence-electron chi connectivity index (χ0n) is 9.32. The first kappa shape index (κ1) is 13.4. The zero-order chi connectivity index (χ0) is 11.0. The summed E-state index contributed by atoms with van der Waals surface area (Å²) in [4.78, 5) is 15.2. The molecule has 0 aliphatic rings. The van der Waals surface area contributed by atoms with Crippen LogP contribution in [-0.2, 0) is 9.53 Å². The number of hydrogen-bond acceptors (Lipinski definition) is 4. The van der Waals surface area contributed by atoms with E-state index in [2.05, 4.69) is 0 Å². The van der Waals surface area contributed by atoms with Crippen molar-refractivity contribution in [3.63, 3.8) is 0 Å². The molecule has 0 heterocycles. The molecule has 0 radical (unpaired) electrons. The summed E-state index contributed by atoms with van der Waals surface area (Å²) in [5.41, 5.74) is 5.42. The number of nitrogens with two attached hydrogens (primary N) is 1. The van der Waals surface area contributed by atoms with Crippen molar-refractivity contribution in [3.8, 4) is 0 Å². The summed E-state index contributed by atoms with van der Waals surface area (Å²) in [6.07, 6.45) is 0. The van der Waals surface area contributed by atoms with E-state index >= 15 is 0 Å². The van der Waals surface area contributed by atoms with Gasteiger partial charge in [-0.25, -0.2) is 0 Å². The van der Waals surface area contributed by atoms with Crippen LogP contribution in [0.3, 0.4) is 0 Å². The number of rotatable bonds is 7. The Morgan fingerprint density at radius 2 is 2.00 bits per heavy atom. The highest BCUT2D eigenvalue weighted by Gasteiger charge is 2.12. The normalized spacial score (nSPS) is 10.6. The van der Waals surface area contributed by atoms with Crippen LogP contribution in [0.1, 0.15) is 0 Å². The van der Waals surface area contributed by atoms with Gasteiger partial charge >= 0.3 is 0 Å². The molecule has 5 heteroatoms. The van der Waals surface area contributed by atoms with Crippen LogP contribution in [0.15, 0.2) is 0 Å². The van der Waals surface area contributed by atoms with Gasteiger partial charge in [-0.1, -0.05) is 0 Å². The Labute approximate surface area is 85.8 Å². The molecule has 0 fully saturated rings. The van der Waals surface area contributed by atoms with Crippen molar-refractivity contribution in [1.29, 1.82) is 0 Å². The van der Waals surface area contributed by atoms with Gasteiger partial charge in [-0.3, -0.25) is 4.79 Å². The van der Waals surface area contributed by atoms with E-state index in [4.69, 9.17) is 10.5 Å². The third-order valence-corrected chi connectivity index (χ3v) is 1.77. The molecule has 0 spiro atoms. The lowest BCUT2D eigenvalue weighted by Crippen LogP contribution is -2.42. The predicted octanol–water partition coefficient (Wildman–Crippen LogP) is -1.02. The smallest absolute Gasteiger partial charge is 0.236 e. The van der Waals surface area contributed by atoms with Crippen LogP contribution < -0.4 is 5.73 Å². The Morgan fingerprint density at radius 3 is 2.43 bits per heavy atom. The highest BCUT2D eigenvalue weighted by atomic mass is 16.5. The second kappa shape index (κ2) is 7.73. The molecule has 0 aromatic rings. The maximum absolute atomic E-state index is 11.6. The summed E-state index contributed by atoms with van der Waals surface area (Å²) in [6.45, 7) is 2.67. The summed E-state index contributed by atoms with van der Waals surface area (Å²) in [5.74, 6) is 0.0949. The van der Waals surface area contributed by atoms with Crippen molar-refractivity contribution < 1.29 is 9.53 Å². The van der Waals surface area contributed by atoms with Gasteiger partial charge in [-0.05, 0) is 14.1 Å². The van der Waals surface area contributed by atoms with Gasteiger partial charge in [0.15, 0.2) is 0 Å². The van der Waals surface area contributed by atoms with Crippen LogP contribution in [0.4, 0.5) is 0 Å². The quantitative estimate of drug-likeness (QED) is 0.575. The lowest BCUT2D eigenvalue weighted by Gasteiger charge is -2.23. The first-order valence-corrected chi connectivity index (χ1v) is 4.73. The first-order chi connectivity index (χ1) is 6.61. The fourth-order valence-corrected chi connectivity index (χ4v) is 1.09. The van der Waals surface area contributed by atoms with Gasteiger partial charge in [0, 0.05) is 26.7 Å². The van der Waals surface area contributed by atoms with Crippen LogP contribution in [0.5, 0.6) is 0 Å². The predicted molar refractivity (Wildman–Crippen MR) is 56.1 cm³/mol. The van der Waals surface area contributed by atoms with E-state index in [1.54, 1.807) is 12.0 Å². The van der Waals surface area contributed by atoms with Gasteiger partial charge in [0.1, 0.15) is 0 Å². The minimum atomic E-state index is 0.0949. The molecule has 14 heavy (non-hydrogen) atoms. The summed E-state index contributed by atoms with van der Waals surface area (Å²) in [5, 5.41) is 0. The molecular weight excluding hydrogens is 182 g/mol. The second-order valence-electron chi connectivity index (χ2n) is 3.40. The zero-order valence-corrected chi connectivity index (χ0v) is 9.32. The van der Waals surface area contributed by atoms with Crippen LogP contribution in [0.2, 0.25) is 0 Å². The molecule has 0 aromatic carbocycles. The van der Waals surface area contributed by atoms with Crippen molar-refractivity contribution in [2.24, 2.45) is 5.73 Å². The molecule has 2 N–H and O–H groups in total. The van der Waals surface area contributed by atoms with E-state index in [9.17, 15) is 4.79 Å². The molecule has 0 saturated heterocycles. The Bertz CT molecular complexity index is 162. The molecule has 1 amide bonds. The van der Waals surface area contributed by atoms with Gasteiger partial charge in [-0.15, -0.1) is 0 Å². The van der Waals surface area contributed by atoms with Crippen molar-refractivity contribution in [3.05, 3.63) is 0 Å². The largest absolute Gasteiger partial charge is 0.383 e. The summed E-state index contributed by atoms with van der Waals surface area (Å²) in [7, 11) is 5.36. The SMILES string of the molecule is COCCN(CCN)C(=O)CN(C)C. The Hall–Kier alpha value is -0.650. The number of nitrogens with zero attached hydrogens (tertiary/aromatic N) is 2. The van der Waals surface area contributed by atoms with Crippen LogP contribution in [-0.4, -0.2) is 69.7 Å². The summed E-state index contributed by atoms with van der Waals surface area (Å²) in [6, 6.07) is 0. The first-order valence-electron chi connectivity index (χ1n) is 4.73. The Kier molecular flexibility index (Phi) is 7.37.